The molecule has 0 aliphatic rings. The topological polar surface area (TPSA) is 26.2 Å². The Morgan fingerprint density at radius 3 is 2.68 bits per heavy atom. The van der Waals surface area contributed by atoms with E-state index in [0.717, 1.165) is 24.9 Å². The summed E-state index contributed by atoms with van der Waals surface area (Å²) in [4.78, 5) is 0. The van der Waals surface area contributed by atoms with Crippen LogP contribution in [0.2, 0.25) is 0 Å². The van der Waals surface area contributed by atoms with Gasteiger partial charge in [0.1, 0.15) is 13.3 Å². The smallest absolute Gasteiger partial charge is 0.351 e. The van der Waals surface area contributed by atoms with Crippen molar-refractivity contribution >= 4 is 0 Å². The largest absolute Gasteiger partial charge is 0.411 e. The average molecular weight is 278 g/mol. The molecule has 0 aliphatic carbocycles. The molecule has 1 aromatic rings. The van der Waals surface area contributed by atoms with Crippen LogP contribution in [0.15, 0.2) is 18.5 Å². The summed E-state index contributed by atoms with van der Waals surface area (Å²) in [5, 5.41) is 3.39. The molecule has 6 heteroatoms. The Balaban J connectivity index is 2.46. The molecule has 0 aromatic carbocycles. The quantitative estimate of drug-likeness (QED) is 0.788. The van der Waals surface area contributed by atoms with Gasteiger partial charge in [0.15, 0.2) is 0 Å². The van der Waals surface area contributed by atoms with Crippen LogP contribution in [0.25, 0.3) is 0 Å². The zero-order valence-electron chi connectivity index (χ0n) is 11.3. The number of nitrogens with one attached hydrogen (secondary N) is 1. The highest BCUT2D eigenvalue weighted by molar-refractivity contribution is 5.15. The first-order valence-corrected chi connectivity index (χ1v) is 6.49. The third kappa shape index (κ3) is 6.11. The van der Waals surface area contributed by atoms with Crippen LogP contribution in [0, 0.1) is 0 Å². The zero-order chi connectivity index (χ0) is 14.3. The first kappa shape index (κ1) is 16.0. The Morgan fingerprint density at radius 1 is 1.37 bits per heavy atom. The molecule has 0 amide bonds. The number of hydrogen-bond donors (Lipinski definition) is 1. The van der Waals surface area contributed by atoms with Gasteiger partial charge in [0.05, 0.1) is 0 Å². The molecule has 0 aliphatic heterocycles. The first-order valence-electron chi connectivity index (χ1n) is 6.49. The van der Waals surface area contributed by atoms with Crippen LogP contribution in [0.5, 0.6) is 0 Å². The molecular formula is C13H21F3N2O. The van der Waals surface area contributed by atoms with Gasteiger partial charge in [-0.3, -0.25) is 0 Å². The molecule has 0 bridgehead atoms. The maximum absolute atomic E-state index is 11.9. The summed E-state index contributed by atoms with van der Waals surface area (Å²) >= 11 is 0. The van der Waals surface area contributed by atoms with Crippen molar-refractivity contribution in [1.82, 2.24) is 9.88 Å². The second-order valence-electron chi connectivity index (χ2n) is 4.47. The molecule has 3 nitrogen and oxygen atoms in total. The maximum atomic E-state index is 11.9. The number of ether oxygens (including phenoxy) is 1. The maximum Gasteiger partial charge on any atom is 0.411 e. The van der Waals surface area contributed by atoms with E-state index in [0.29, 0.717) is 0 Å². The molecule has 1 atom stereocenters. The molecule has 0 saturated heterocycles. The van der Waals surface area contributed by atoms with Crippen LogP contribution < -0.4 is 5.32 Å². The molecule has 1 heterocycles. The number of hydrogen-bond acceptors (Lipinski definition) is 2. The fourth-order valence-electron chi connectivity index (χ4n) is 1.83. The Morgan fingerprint density at radius 2 is 2.11 bits per heavy atom. The molecule has 0 saturated carbocycles. The fourth-order valence-corrected chi connectivity index (χ4v) is 1.83. The summed E-state index contributed by atoms with van der Waals surface area (Å²) in [5.74, 6) is 0. The summed E-state index contributed by atoms with van der Waals surface area (Å²) in [7, 11) is 0. The molecule has 110 valence electrons. The van der Waals surface area contributed by atoms with E-state index in [9.17, 15) is 13.2 Å². The van der Waals surface area contributed by atoms with Crippen molar-refractivity contribution in [2.75, 3.05) is 13.2 Å². The lowest BCUT2D eigenvalue weighted by Crippen LogP contribution is -2.21. The van der Waals surface area contributed by atoms with Gasteiger partial charge in [0, 0.05) is 18.4 Å². The highest BCUT2D eigenvalue weighted by Gasteiger charge is 2.27. The summed E-state index contributed by atoms with van der Waals surface area (Å²) < 4.78 is 42.1. The van der Waals surface area contributed by atoms with Crippen molar-refractivity contribution in [2.45, 2.75) is 45.6 Å². The SMILES string of the molecule is CCCNC(CC)c1ccn(COCC(F)(F)F)c1. The van der Waals surface area contributed by atoms with Crippen LogP contribution >= 0.6 is 0 Å². The third-order valence-electron chi connectivity index (χ3n) is 2.73. The van der Waals surface area contributed by atoms with Gasteiger partial charge in [-0.05, 0) is 31.0 Å². The number of nitrogens with zero attached hydrogens (tertiary/aromatic N) is 1. The summed E-state index contributed by atoms with van der Waals surface area (Å²) in [6.45, 7) is 3.80. The highest BCUT2D eigenvalue weighted by Crippen LogP contribution is 2.18. The predicted octanol–water partition coefficient (Wildman–Crippen LogP) is 3.48. The van der Waals surface area contributed by atoms with Crippen molar-refractivity contribution < 1.29 is 17.9 Å². The van der Waals surface area contributed by atoms with Gasteiger partial charge in [-0.2, -0.15) is 13.2 Å². The number of rotatable bonds is 8. The second-order valence-corrected chi connectivity index (χ2v) is 4.47. The van der Waals surface area contributed by atoms with E-state index in [4.69, 9.17) is 0 Å². The summed E-state index contributed by atoms with van der Waals surface area (Å²) in [5.41, 5.74) is 1.08. The molecule has 1 aromatic heterocycles. The lowest BCUT2D eigenvalue weighted by molar-refractivity contribution is -0.181. The van der Waals surface area contributed by atoms with Crippen LogP contribution in [-0.4, -0.2) is 23.9 Å². The standard InChI is InChI=1S/C13H21F3N2O/c1-3-6-17-12(4-2)11-5-7-18(8-11)10-19-9-13(14,15)16/h5,7-8,12,17H,3-4,6,9-10H2,1-2H3. The predicted molar refractivity (Wildman–Crippen MR) is 67.8 cm³/mol. The highest BCUT2D eigenvalue weighted by atomic mass is 19.4. The molecule has 0 spiro atoms. The number of aromatic nitrogens is 1. The minimum absolute atomic E-state index is 0.0796. The lowest BCUT2D eigenvalue weighted by Gasteiger charge is -2.15. The van der Waals surface area contributed by atoms with Gasteiger partial charge < -0.3 is 14.6 Å². The normalized spacial score (nSPS) is 13.7. The second kappa shape index (κ2) is 7.55. The fraction of sp³-hybridized carbons (Fsp3) is 0.692. The Hall–Kier alpha value is -1.01. The Bertz CT molecular complexity index is 363. The monoisotopic (exact) mass is 278 g/mol. The van der Waals surface area contributed by atoms with E-state index < -0.39 is 12.8 Å². The van der Waals surface area contributed by atoms with E-state index in [-0.39, 0.29) is 12.8 Å². The van der Waals surface area contributed by atoms with E-state index >= 15 is 0 Å². The molecule has 0 fully saturated rings. The summed E-state index contributed by atoms with van der Waals surface area (Å²) in [6.07, 6.45) is 1.28. The molecule has 1 unspecified atom stereocenters. The molecular weight excluding hydrogens is 257 g/mol. The molecule has 1 rings (SSSR count). The minimum Gasteiger partial charge on any atom is -0.351 e. The van der Waals surface area contributed by atoms with E-state index in [1.54, 1.807) is 10.8 Å². The van der Waals surface area contributed by atoms with Crippen molar-refractivity contribution in [2.24, 2.45) is 0 Å². The van der Waals surface area contributed by atoms with Gasteiger partial charge in [0.25, 0.3) is 0 Å². The van der Waals surface area contributed by atoms with E-state index in [2.05, 4.69) is 23.9 Å². The summed E-state index contributed by atoms with van der Waals surface area (Å²) in [6, 6.07) is 2.15. The van der Waals surface area contributed by atoms with Gasteiger partial charge in [0.2, 0.25) is 0 Å². The number of halogens is 3. The van der Waals surface area contributed by atoms with Gasteiger partial charge >= 0.3 is 6.18 Å². The van der Waals surface area contributed by atoms with E-state index in [1.807, 2.05) is 12.3 Å². The van der Waals surface area contributed by atoms with Crippen LogP contribution in [0.4, 0.5) is 13.2 Å². The first-order chi connectivity index (χ1) is 8.96. The zero-order valence-corrected chi connectivity index (χ0v) is 11.3. The van der Waals surface area contributed by atoms with Gasteiger partial charge in [-0.25, -0.2) is 0 Å². The van der Waals surface area contributed by atoms with Crippen molar-refractivity contribution in [3.63, 3.8) is 0 Å². The van der Waals surface area contributed by atoms with Crippen LogP contribution in [0.3, 0.4) is 0 Å². The van der Waals surface area contributed by atoms with Crippen molar-refractivity contribution in [3.05, 3.63) is 24.0 Å². The lowest BCUT2D eigenvalue weighted by atomic mass is 10.1. The molecule has 1 N–H and O–H groups in total. The minimum atomic E-state index is -4.27. The van der Waals surface area contributed by atoms with E-state index in [1.165, 1.54) is 0 Å². The Labute approximate surface area is 111 Å². The molecule has 19 heavy (non-hydrogen) atoms. The van der Waals surface area contributed by atoms with Crippen molar-refractivity contribution in [1.29, 1.82) is 0 Å². The van der Waals surface area contributed by atoms with Gasteiger partial charge in [-0.15, -0.1) is 0 Å². The van der Waals surface area contributed by atoms with Crippen molar-refractivity contribution in [3.8, 4) is 0 Å². The van der Waals surface area contributed by atoms with Crippen LogP contribution in [0.1, 0.15) is 38.3 Å². The van der Waals surface area contributed by atoms with Gasteiger partial charge in [-0.1, -0.05) is 13.8 Å². The average Bonchev–Trinajstić information content (AvgIpc) is 2.77. The third-order valence-corrected chi connectivity index (χ3v) is 2.73. The molecule has 0 radical (unpaired) electrons. The Kier molecular flexibility index (Phi) is 6.37. The van der Waals surface area contributed by atoms with Crippen LogP contribution in [-0.2, 0) is 11.5 Å². The number of alkyl halides is 3.